The number of aliphatic hydroxyl groups excluding tert-OH is 1. The highest BCUT2D eigenvalue weighted by molar-refractivity contribution is 7.10. The number of urea groups is 1. The number of hydrogen-bond donors (Lipinski definition) is 2. The summed E-state index contributed by atoms with van der Waals surface area (Å²) in [6, 6.07) is 3.93. The maximum Gasteiger partial charge on any atom is 0.317 e. The van der Waals surface area contributed by atoms with Gasteiger partial charge in [0.2, 0.25) is 0 Å². The first-order chi connectivity index (χ1) is 11.6. The second-order valence-corrected chi connectivity index (χ2v) is 7.16. The average molecular weight is 348 g/mol. The fourth-order valence-electron chi connectivity index (χ4n) is 3.15. The zero-order valence-corrected chi connectivity index (χ0v) is 14.7. The minimum absolute atomic E-state index is 0.0168. The largest absolute Gasteiger partial charge is 0.387 e. The average Bonchev–Trinajstić information content (AvgIpc) is 3.26. The number of likely N-dealkylation sites (tertiary alicyclic amines) is 1. The topological polar surface area (TPSA) is 70.4 Å². The summed E-state index contributed by atoms with van der Waals surface area (Å²) in [5.74, 6) is 1.19. The monoisotopic (exact) mass is 348 g/mol. The number of hydrogen-bond acceptors (Lipinski definition) is 4. The van der Waals surface area contributed by atoms with Crippen molar-refractivity contribution in [1.29, 1.82) is 0 Å². The Hall–Kier alpha value is -1.86. The highest BCUT2D eigenvalue weighted by Crippen LogP contribution is 2.32. The van der Waals surface area contributed by atoms with E-state index in [4.69, 9.17) is 0 Å². The summed E-state index contributed by atoms with van der Waals surface area (Å²) in [6.45, 7) is 4.66. The van der Waals surface area contributed by atoms with Crippen molar-refractivity contribution in [1.82, 2.24) is 19.8 Å². The fraction of sp³-hybridized carbons (Fsp3) is 0.529. The highest BCUT2D eigenvalue weighted by Gasteiger charge is 2.28. The molecule has 0 spiro atoms. The van der Waals surface area contributed by atoms with Gasteiger partial charge in [-0.1, -0.05) is 6.07 Å². The number of carbonyl (C=O) groups is 1. The summed E-state index contributed by atoms with van der Waals surface area (Å²) in [4.78, 5) is 19.3. The number of aryl methyl sites for hydroxylation is 1. The van der Waals surface area contributed by atoms with Gasteiger partial charge in [0.15, 0.2) is 0 Å². The molecule has 0 saturated carbocycles. The molecule has 0 aromatic carbocycles. The van der Waals surface area contributed by atoms with Gasteiger partial charge in [-0.2, -0.15) is 0 Å². The van der Waals surface area contributed by atoms with Crippen molar-refractivity contribution in [3.63, 3.8) is 0 Å². The number of thiophene rings is 1. The molecule has 1 aliphatic rings. The van der Waals surface area contributed by atoms with E-state index in [0.29, 0.717) is 19.6 Å². The van der Waals surface area contributed by atoms with E-state index in [-0.39, 0.29) is 11.9 Å². The molecule has 1 atom stereocenters. The normalized spacial score (nSPS) is 17.0. The van der Waals surface area contributed by atoms with Crippen LogP contribution in [0.4, 0.5) is 4.79 Å². The van der Waals surface area contributed by atoms with Crippen LogP contribution >= 0.6 is 11.3 Å². The third-order valence-electron chi connectivity index (χ3n) is 4.66. The molecule has 2 amide bonds. The van der Waals surface area contributed by atoms with E-state index in [1.54, 1.807) is 17.5 Å². The quantitative estimate of drug-likeness (QED) is 0.872. The number of amides is 2. The Morgan fingerprint density at radius 2 is 2.29 bits per heavy atom. The predicted octanol–water partition coefficient (Wildman–Crippen LogP) is 2.41. The maximum atomic E-state index is 12.2. The van der Waals surface area contributed by atoms with E-state index in [9.17, 15) is 9.90 Å². The van der Waals surface area contributed by atoms with Gasteiger partial charge in [-0.25, -0.2) is 9.78 Å². The lowest BCUT2D eigenvalue weighted by Crippen LogP contribution is -2.45. The standard InChI is InChI=1S/C17H24N4O2S/c1-13-18-6-10-20(13)11-7-19-17(23)21-8-4-14(5-9-21)16(22)15-3-2-12-24-15/h2-3,6,10,12,14,16,22H,4-5,7-9,11H2,1H3,(H,19,23). The molecule has 3 heterocycles. The van der Waals surface area contributed by atoms with Gasteiger partial charge < -0.3 is 19.9 Å². The zero-order chi connectivity index (χ0) is 16.9. The fourth-order valence-corrected chi connectivity index (χ4v) is 3.95. The smallest absolute Gasteiger partial charge is 0.317 e. The van der Waals surface area contributed by atoms with Gasteiger partial charge in [-0.15, -0.1) is 11.3 Å². The second kappa shape index (κ2) is 7.81. The summed E-state index contributed by atoms with van der Waals surface area (Å²) in [7, 11) is 0. The summed E-state index contributed by atoms with van der Waals surface area (Å²) in [6.07, 6.45) is 4.96. The summed E-state index contributed by atoms with van der Waals surface area (Å²) in [5.41, 5.74) is 0. The van der Waals surface area contributed by atoms with Crippen LogP contribution in [0.3, 0.4) is 0 Å². The lowest BCUT2D eigenvalue weighted by atomic mass is 9.90. The van der Waals surface area contributed by atoms with Crippen LogP contribution in [0.1, 0.15) is 29.6 Å². The van der Waals surface area contributed by atoms with E-state index >= 15 is 0 Å². The third kappa shape index (κ3) is 3.96. The van der Waals surface area contributed by atoms with Gasteiger partial charge in [0.25, 0.3) is 0 Å². The Morgan fingerprint density at radius 3 is 2.92 bits per heavy atom. The summed E-state index contributed by atoms with van der Waals surface area (Å²) < 4.78 is 2.02. The first-order valence-electron chi connectivity index (χ1n) is 8.37. The lowest BCUT2D eigenvalue weighted by molar-refractivity contribution is 0.0690. The maximum absolute atomic E-state index is 12.2. The van der Waals surface area contributed by atoms with E-state index in [1.807, 2.05) is 40.1 Å². The number of nitrogens with zero attached hydrogens (tertiary/aromatic N) is 3. The number of piperidine rings is 1. The van der Waals surface area contributed by atoms with Gasteiger partial charge in [0.05, 0.1) is 6.10 Å². The second-order valence-electron chi connectivity index (χ2n) is 6.18. The Bertz CT molecular complexity index is 647. The summed E-state index contributed by atoms with van der Waals surface area (Å²) in [5, 5.41) is 15.4. The van der Waals surface area contributed by atoms with Crippen LogP contribution in [0.2, 0.25) is 0 Å². The lowest BCUT2D eigenvalue weighted by Gasteiger charge is -2.34. The molecule has 2 aromatic rings. The molecular weight excluding hydrogens is 324 g/mol. The molecule has 1 fully saturated rings. The van der Waals surface area contributed by atoms with Crippen molar-refractivity contribution in [2.24, 2.45) is 5.92 Å². The zero-order valence-electron chi connectivity index (χ0n) is 13.9. The SMILES string of the molecule is Cc1nccn1CCNC(=O)N1CCC(C(O)c2cccs2)CC1. The van der Waals surface area contributed by atoms with E-state index < -0.39 is 6.10 Å². The van der Waals surface area contributed by atoms with Gasteiger partial charge in [-0.05, 0) is 37.1 Å². The number of aromatic nitrogens is 2. The van der Waals surface area contributed by atoms with Crippen LogP contribution in [0.15, 0.2) is 29.9 Å². The number of carbonyl (C=O) groups excluding carboxylic acids is 1. The van der Waals surface area contributed by atoms with Gasteiger partial charge in [0, 0.05) is 43.4 Å². The molecular formula is C17H24N4O2S. The van der Waals surface area contributed by atoms with Crippen molar-refractivity contribution in [3.05, 3.63) is 40.6 Å². The molecule has 0 aliphatic carbocycles. The van der Waals surface area contributed by atoms with Crippen LogP contribution in [-0.4, -0.2) is 45.2 Å². The van der Waals surface area contributed by atoms with Gasteiger partial charge in [0.1, 0.15) is 5.82 Å². The Labute approximate surface area is 146 Å². The van der Waals surface area contributed by atoms with Crippen LogP contribution in [0, 0.1) is 12.8 Å². The number of imidazole rings is 1. The Morgan fingerprint density at radius 1 is 1.50 bits per heavy atom. The molecule has 2 aromatic heterocycles. The van der Waals surface area contributed by atoms with Crippen LogP contribution in [0.5, 0.6) is 0 Å². The number of aliphatic hydroxyl groups is 1. The van der Waals surface area contributed by atoms with E-state index in [1.165, 1.54) is 0 Å². The van der Waals surface area contributed by atoms with Crippen molar-refractivity contribution >= 4 is 17.4 Å². The Balaban J connectivity index is 1.41. The van der Waals surface area contributed by atoms with Crippen molar-refractivity contribution in [3.8, 4) is 0 Å². The van der Waals surface area contributed by atoms with Crippen molar-refractivity contribution in [2.45, 2.75) is 32.4 Å². The Kier molecular flexibility index (Phi) is 5.52. The first kappa shape index (κ1) is 17.0. The molecule has 1 saturated heterocycles. The van der Waals surface area contributed by atoms with Crippen LogP contribution in [-0.2, 0) is 6.54 Å². The minimum atomic E-state index is -0.403. The van der Waals surface area contributed by atoms with Crippen molar-refractivity contribution < 1.29 is 9.90 Å². The van der Waals surface area contributed by atoms with E-state index in [0.717, 1.165) is 30.1 Å². The molecule has 1 aliphatic heterocycles. The number of rotatable bonds is 5. The molecule has 6 nitrogen and oxygen atoms in total. The molecule has 0 bridgehead atoms. The molecule has 24 heavy (non-hydrogen) atoms. The predicted molar refractivity (Wildman–Crippen MR) is 93.9 cm³/mol. The molecule has 130 valence electrons. The van der Waals surface area contributed by atoms with Gasteiger partial charge in [-0.3, -0.25) is 0 Å². The van der Waals surface area contributed by atoms with Crippen molar-refractivity contribution in [2.75, 3.05) is 19.6 Å². The summed E-state index contributed by atoms with van der Waals surface area (Å²) >= 11 is 1.59. The van der Waals surface area contributed by atoms with Crippen LogP contribution < -0.4 is 5.32 Å². The molecule has 1 unspecified atom stereocenters. The van der Waals surface area contributed by atoms with E-state index in [2.05, 4.69) is 10.3 Å². The first-order valence-corrected chi connectivity index (χ1v) is 9.25. The molecule has 0 radical (unpaired) electrons. The number of nitrogens with one attached hydrogen (secondary N) is 1. The van der Waals surface area contributed by atoms with Gasteiger partial charge >= 0.3 is 6.03 Å². The minimum Gasteiger partial charge on any atom is -0.387 e. The highest BCUT2D eigenvalue weighted by atomic mass is 32.1. The van der Waals surface area contributed by atoms with Crippen LogP contribution in [0.25, 0.3) is 0 Å². The molecule has 7 heteroatoms. The third-order valence-corrected chi connectivity index (χ3v) is 5.60. The molecule has 3 rings (SSSR count). The molecule has 2 N–H and O–H groups in total.